The molecular weight excluding hydrogens is 352 g/mol. The second-order valence-electron chi connectivity index (χ2n) is 4.27. The number of nitrogen functional groups attached to an aromatic ring is 1. The monoisotopic (exact) mass is 360 g/mol. The van der Waals surface area contributed by atoms with Crippen LogP contribution in [0.3, 0.4) is 0 Å². The average molecular weight is 360 g/mol. The van der Waals surface area contributed by atoms with Gasteiger partial charge in [0, 0.05) is 24.8 Å². The Bertz CT molecular complexity index is 922. The first kappa shape index (κ1) is 16.7. The number of benzene rings is 2. The molecule has 0 aliphatic rings. The van der Waals surface area contributed by atoms with Crippen LogP contribution >= 0.6 is 10.6 Å². The second-order valence-corrected chi connectivity index (χ2v) is 7.65. The molecule has 122 valence electrons. The molecule has 2 rings (SSSR count). The summed E-state index contributed by atoms with van der Waals surface area (Å²) >= 11 is 0. The number of aromatic hydroxyl groups is 1. The maximum Gasteiger partial charge on any atom is 0.294 e. The number of nitroso groups, excluding NO2 is 3. The van der Waals surface area contributed by atoms with Crippen LogP contribution in [-0.4, -0.2) is 18.1 Å². The maximum atomic E-state index is 11.2. The van der Waals surface area contributed by atoms with E-state index in [1.165, 1.54) is 0 Å². The lowest BCUT2D eigenvalue weighted by atomic mass is 10.1. The minimum Gasteiger partial charge on any atom is -0.507 e. The van der Waals surface area contributed by atoms with Gasteiger partial charge in [0.1, 0.15) is 5.75 Å². The van der Waals surface area contributed by atoms with Crippen LogP contribution in [0.15, 0.2) is 47.8 Å². The molecule has 0 spiro atoms. The number of phenolic OH excluding ortho intramolecular Hbond substituents is 1. The number of hydrogen-bond acceptors (Lipinski definition) is 10. The molecule has 0 aliphatic heterocycles. The van der Waals surface area contributed by atoms with E-state index >= 15 is 0 Å². The lowest BCUT2D eigenvalue weighted by molar-refractivity contribution is 0.479. The molecule has 2 aromatic carbocycles. The van der Waals surface area contributed by atoms with Crippen LogP contribution in [0.4, 0.5) is 5.69 Å². The van der Waals surface area contributed by atoms with Gasteiger partial charge in [-0.05, 0) is 29.7 Å². The van der Waals surface area contributed by atoms with E-state index in [1.807, 2.05) is 0 Å². The Morgan fingerprint density at radius 1 is 0.913 bits per heavy atom. The summed E-state index contributed by atoms with van der Waals surface area (Å²) in [6.45, 7) is 0. The summed E-state index contributed by atoms with van der Waals surface area (Å²) in [4.78, 5) is 31.4. The van der Waals surface area contributed by atoms with Crippen LogP contribution in [-0.2, 0) is 10.1 Å². The van der Waals surface area contributed by atoms with Gasteiger partial charge in [-0.3, -0.25) is 4.55 Å². The molecule has 0 saturated carbocycles. The molecule has 0 heterocycles. The summed E-state index contributed by atoms with van der Waals surface area (Å²) in [5.74, 6) is -0.551. The third-order valence-electron chi connectivity index (χ3n) is 2.93. The molecule has 0 bridgehead atoms. The van der Waals surface area contributed by atoms with Crippen molar-refractivity contribution in [3.63, 3.8) is 0 Å². The Hall–Kier alpha value is -2.64. The van der Waals surface area contributed by atoms with Crippen molar-refractivity contribution in [1.29, 1.82) is 0 Å². The molecule has 23 heavy (non-hydrogen) atoms. The number of nitrogens with zero attached hydrogens (tertiary/aromatic N) is 3. The van der Waals surface area contributed by atoms with Crippen molar-refractivity contribution in [2.24, 2.45) is 13.7 Å². The first-order chi connectivity index (χ1) is 10.7. The second kappa shape index (κ2) is 5.53. The highest BCUT2D eigenvalue weighted by Gasteiger charge is 2.33. The van der Waals surface area contributed by atoms with Crippen LogP contribution in [0, 0.1) is 14.7 Å². The van der Waals surface area contributed by atoms with E-state index in [9.17, 15) is 28.2 Å². The van der Waals surface area contributed by atoms with E-state index in [2.05, 4.69) is 13.7 Å². The molecule has 11 nitrogen and oxygen atoms in total. The van der Waals surface area contributed by atoms with Gasteiger partial charge in [-0.2, -0.15) is 8.42 Å². The molecule has 0 aliphatic carbocycles. The minimum absolute atomic E-state index is 0.0165. The average Bonchev–Trinajstić information content (AvgIpc) is 2.48. The van der Waals surface area contributed by atoms with Crippen LogP contribution in [0.2, 0.25) is 0 Å². The Morgan fingerprint density at radius 3 is 1.91 bits per heavy atom. The molecule has 2 aromatic rings. The van der Waals surface area contributed by atoms with Crippen molar-refractivity contribution >= 4 is 37.2 Å². The molecule has 0 radical (unpaired) electrons. The molecular formula is C10H8N4O7S2. The molecule has 0 saturated heterocycles. The third kappa shape index (κ3) is 2.71. The van der Waals surface area contributed by atoms with Gasteiger partial charge in [0.25, 0.3) is 10.1 Å². The first-order valence-electron chi connectivity index (χ1n) is 5.59. The molecule has 0 fully saturated rings. The van der Waals surface area contributed by atoms with Crippen LogP contribution in [0.5, 0.6) is 5.75 Å². The van der Waals surface area contributed by atoms with E-state index < -0.39 is 36.2 Å². The van der Waals surface area contributed by atoms with Crippen molar-refractivity contribution in [2.75, 3.05) is 5.73 Å². The van der Waals surface area contributed by atoms with Crippen molar-refractivity contribution in [3.05, 3.63) is 39.0 Å². The summed E-state index contributed by atoms with van der Waals surface area (Å²) in [5.41, 5.74) is 5.43. The molecule has 0 unspecified atom stereocenters. The van der Waals surface area contributed by atoms with E-state index in [0.717, 1.165) is 24.3 Å². The molecule has 0 amide bonds. The SMILES string of the molecule is Nc1cc(S(=O)(=O)O)cc2cc(S(N=O)(N=O)N=O)cc(O)c12. The van der Waals surface area contributed by atoms with Gasteiger partial charge in [-0.1, -0.05) is 0 Å². The van der Waals surface area contributed by atoms with E-state index in [-0.39, 0.29) is 16.5 Å². The van der Waals surface area contributed by atoms with Gasteiger partial charge >= 0.3 is 0 Å². The number of rotatable bonds is 5. The molecule has 13 heteroatoms. The van der Waals surface area contributed by atoms with Gasteiger partial charge in [-0.15, -0.1) is 14.7 Å². The lowest BCUT2D eigenvalue weighted by Crippen LogP contribution is -2.00. The summed E-state index contributed by atoms with van der Waals surface area (Å²) in [5, 5.41) is 9.88. The fourth-order valence-electron chi connectivity index (χ4n) is 1.95. The Morgan fingerprint density at radius 2 is 1.43 bits per heavy atom. The Kier molecular flexibility index (Phi) is 4.02. The number of hydrogen-bond donors (Lipinski definition) is 3. The number of nitrogens with two attached hydrogens (primary N) is 1. The zero-order valence-corrected chi connectivity index (χ0v) is 12.6. The molecule has 0 aromatic heterocycles. The fourth-order valence-corrected chi connectivity index (χ4v) is 3.39. The zero-order valence-electron chi connectivity index (χ0n) is 11.0. The lowest BCUT2D eigenvalue weighted by Gasteiger charge is -2.16. The topological polar surface area (TPSA) is 189 Å². The summed E-state index contributed by atoms with van der Waals surface area (Å²) in [6, 6.07) is 3.71. The van der Waals surface area contributed by atoms with Crippen LogP contribution in [0.25, 0.3) is 10.8 Å². The van der Waals surface area contributed by atoms with Gasteiger partial charge in [0.05, 0.1) is 9.79 Å². The van der Waals surface area contributed by atoms with Crippen molar-refractivity contribution < 1.29 is 18.1 Å². The number of anilines is 1. The standard InChI is InChI=1S/C10H8N4O7S2/c11-8-3-7(23(19,20)21)2-5-1-6(4-9(15)10(5)8)22(12-16,13-17)14-18/h1-4,15H,11H2,(H,19,20,21). The highest BCUT2D eigenvalue weighted by molar-refractivity contribution is 8.30. The Balaban J connectivity index is 2.91. The third-order valence-corrected chi connectivity index (χ3v) is 5.25. The molecule has 0 atom stereocenters. The largest absolute Gasteiger partial charge is 0.507 e. The van der Waals surface area contributed by atoms with Crippen molar-refractivity contribution in [2.45, 2.75) is 9.79 Å². The summed E-state index contributed by atoms with van der Waals surface area (Å²) in [7, 11) is -8.47. The maximum absolute atomic E-state index is 11.2. The van der Waals surface area contributed by atoms with Gasteiger partial charge in [0.2, 0.25) is 0 Å². The predicted molar refractivity (Wildman–Crippen MR) is 83.1 cm³/mol. The van der Waals surface area contributed by atoms with Gasteiger partial charge in [0.15, 0.2) is 10.6 Å². The first-order valence-corrected chi connectivity index (χ1v) is 8.54. The number of phenols is 1. The summed E-state index contributed by atoms with van der Waals surface area (Å²) in [6.07, 6.45) is 0. The van der Waals surface area contributed by atoms with E-state index in [0.29, 0.717) is 0 Å². The molecule has 4 N–H and O–H groups in total. The summed E-state index contributed by atoms with van der Waals surface area (Å²) < 4.78 is 38.5. The predicted octanol–water partition coefficient (Wildman–Crippen LogP) is 2.58. The van der Waals surface area contributed by atoms with E-state index in [1.54, 1.807) is 0 Å². The fraction of sp³-hybridized carbons (Fsp3) is 0. The van der Waals surface area contributed by atoms with Crippen LogP contribution < -0.4 is 5.73 Å². The minimum atomic E-state index is -4.60. The van der Waals surface area contributed by atoms with Crippen molar-refractivity contribution in [3.8, 4) is 5.75 Å². The smallest absolute Gasteiger partial charge is 0.294 e. The zero-order chi connectivity index (χ0) is 17.4. The van der Waals surface area contributed by atoms with Gasteiger partial charge in [-0.25, -0.2) is 0 Å². The van der Waals surface area contributed by atoms with Crippen molar-refractivity contribution in [1.82, 2.24) is 0 Å². The highest BCUT2D eigenvalue weighted by atomic mass is 32.3. The normalized spacial score (nSPS) is 12.7. The number of fused-ring (bicyclic) bond motifs is 1. The highest BCUT2D eigenvalue weighted by Crippen LogP contribution is 2.60. The van der Waals surface area contributed by atoms with E-state index in [4.69, 9.17) is 10.3 Å². The quantitative estimate of drug-likeness (QED) is 0.411. The van der Waals surface area contributed by atoms with Gasteiger partial charge < -0.3 is 10.8 Å². The van der Waals surface area contributed by atoms with Crippen LogP contribution in [0.1, 0.15) is 0 Å². The Labute approximate surface area is 129 Å².